The van der Waals surface area contributed by atoms with Crippen LogP contribution in [0.4, 0.5) is 9.93 Å². The van der Waals surface area contributed by atoms with Gasteiger partial charge < -0.3 is 19.6 Å². The van der Waals surface area contributed by atoms with E-state index in [9.17, 15) is 9.59 Å². The first kappa shape index (κ1) is 17.5. The van der Waals surface area contributed by atoms with E-state index in [4.69, 9.17) is 9.84 Å². The molecule has 1 amide bonds. The first-order valence-corrected chi connectivity index (χ1v) is 8.38. The van der Waals surface area contributed by atoms with Crippen LogP contribution in [0, 0.1) is 6.92 Å². The smallest absolute Gasteiger partial charge is 0.410 e. The summed E-state index contributed by atoms with van der Waals surface area (Å²) in [7, 11) is 0. The highest BCUT2D eigenvalue weighted by Crippen LogP contribution is 2.27. The van der Waals surface area contributed by atoms with E-state index < -0.39 is 11.6 Å². The van der Waals surface area contributed by atoms with Gasteiger partial charge in [-0.1, -0.05) is 0 Å². The van der Waals surface area contributed by atoms with Gasteiger partial charge in [0, 0.05) is 31.1 Å². The van der Waals surface area contributed by atoms with Crippen LogP contribution in [0.3, 0.4) is 0 Å². The van der Waals surface area contributed by atoms with Gasteiger partial charge in [-0.3, -0.25) is 4.79 Å². The number of amides is 1. The molecule has 128 valence electrons. The molecule has 7 nitrogen and oxygen atoms in total. The Morgan fingerprint density at radius 2 is 1.87 bits per heavy atom. The highest BCUT2D eigenvalue weighted by molar-refractivity contribution is 7.15. The summed E-state index contributed by atoms with van der Waals surface area (Å²) in [4.78, 5) is 32.0. The molecule has 1 saturated heterocycles. The van der Waals surface area contributed by atoms with E-state index in [0.29, 0.717) is 31.9 Å². The Balaban J connectivity index is 1.94. The molecule has 1 aliphatic heterocycles. The van der Waals surface area contributed by atoms with Crippen molar-refractivity contribution < 1.29 is 19.4 Å². The van der Waals surface area contributed by atoms with Gasteiger partial charge in [0.05, 0.1) is 12.1 Å². The minimum atomic E-state index is -0.875. The number of thiazole rings is 1. The van der Waals surface area contributed by atoms with Crippen molar-refractivity contribution in [2.75, 3.05) is 31.1 Å². The number of piperazine rings is 1. The Kier molecular flexibility index (Phi) is 5.13. The van der Waals surface area contributed by atoms with E-state index in [0.717, 1.165) is 10.0 Å². The van der Waals surface area contributed by atoms with Crippen LogP contribution in [0.2, 0.25) is 0 Å². The van der Waals surface area contributed by atoms with Crippen LogP contribution < -0.4 is 4.90 Å². The molecule has 0 aromatic carbocycles. The molecule has 0 aliphatic carbocycles. The lowest BCUT2D eigenvalue weighted by molar-refractivity contribution is -0.136. The number of aromatic nitrogens is 1. The summed E-state index contributed by atoms with van der Waals surface area (Å²) in [5, 5.41) is 9.71. The zero-order chi connectivity index (χ0) is 17.2. The third-order valence-corrected chi connectivity index (χ3v) is 4.48. The van der Waals surface area contributed by atoms with Gasteiger partial charge in [-0.15, -0.1) is 11.3 Å². The quantitative estimate of drug-likeness (QED) is 0.907. The van der Waals surface area contributed by atoms with Gasteiger partial charge in [0.1, 0.15) is 5.60 Å². The van der Waals surface area contributed by atoms with Gasteiger partial charge in [-0.05, 0) is 27.7 Å². The lowest BCUT2D eigenvalue weighted by atomic mass is 10.2. The average Bonchev–Trinajstić information content (AvgIpc) is 2.78. The first-order valence-electron chi connectivity index (χ1n) is 7.56. The number of hydrogen-bond donors (Lipinski definition) is 1. The number of aryl methyl sites for hydroxylation is 1. The van der Waals surface area contributed by atoms with Crippen molar-refractivity contribution in [3.05, 3.63) is 10.6 Å². The van der Waals surface area contributed by atoms with Crippen LogP contribution in [0.15, 0.2) is 0 Å². The molecule has 0 atom stereocenters. The Hall–Kier alpha value is -1.83. The highest BCUT2D eigenvalue weighted by Gasteiger charge is 2.27. The summed E-state index contributed by atoms with van der Waals surface area (Å²) >= 11 is 1.50. The molecule has 0 radical (unpaired) electrons. The fourth-order valence-electron chi connectivity index (χ4n) is 2.26. The Morgan fingerprint density at radius 3 is 2.39 bits per heavy atom. The number of anilines is 1. The standard InChI is InChI=1S/C15H23N3O4S/c1-10-11(9-12(19)20)16-13(23-10)17-5-7-18(8-6-17)14(21)22-15(2,3)4/h5-9H2,1-4H3,(H,19,20). The second-order valence-electron chi connectivity index (χ2n) is 6.52. The van der Waals surface area contributed by atoms with E-state index in [2.05, 4.69) is 9.88 Å². The van der Waals surface area contributed by atoms with Crippen molar-refractivity contribution in [1.29, 1.82) is 0 Å². The minimum Gasteiger partial charge on any atom is -0.481 e. The maximum Gasteiger partial charge on any atom is 0.410 e. The monoisotopic (exact) mass is 341 g/mol. The third kappa shape index (κ3) is 4.82. The van der Waals surface area contributed by atoms with Gasteiger partial charge in [-0.25, -0.2) is 9.78 Å². The highest BCUT2D eigenvalue weighted by atomic mass is 32.1. The first-order chi connectivity index (χ1) is 10.7. The number of carboxylic acids is 1. The maximum absolute atomic E-state index is 12.0. The molecule has 1 N–H and O–H groups in total. The number of ether oxygens (including phenoxy) is 1. The van der Waals surface area contributed by atoms with Crippen LogP contribution >= 0.6 is 11.3 Å². The molecule has 8 heteroatoms. The molecule has 1 aromatic rings. The number of rotatable bonds is 3. The van der Waals surface area contributed by atoms with Crippen LogP contribution in [-0.2, 0) is 16.0 Å². The maximum atomic E-state index is 12.0. The molecule has 0 bridgehead atoms. The molecule has 2 rings (SSSR count). The summed E-state index contributed by atoms with van der Waals surface area (Å²) < 4.78 is 5.38. The number of nitrogens with zero attached hydrogens (tertiary/aromatic N) is 3. The molecular weight excluding hydrogens is 318 g/mol. The zero-order valence-electron chi connectivity index (χ0n) is 14.0. The number of hydrogen-bond acceptors (Lipinski definition) is 6. The predicted octanol–water partition coefficient (Wildman–Crippen LogP) is 2.14. The lowest BCUT2D eigenvalue weighted by Crippen LogP contribution is -2.50. The average molecular weight is 341 g/mol. The summed E-state index contributed by atoms with van der Waals surface area (Å²) in [6.45, 7) is 9.91. The van der Waals surface area contributed by atoms with Crippen molar-refractivity contribution in [2.45, 2.75) is 39.7 Å². The zero-order valence-corrected chi connectivity index (χ0v) is 14.8. The Labute approximate surface area is 139 Å². The van der Waals surface area contributed by atoms with Gasteiger partial charge in [-0.2, -0.15) is 0 Å². The molecule has 0 unspecified atom stereocenters. The molecule has 0 spiro atoms. The SMILES string of the molecule is Cc1sc(N2CCN(C(=O)OC(C)(C)C)CC2)nc1CC(=O)O. The van der Waals surface area contributed by atoms with Gasteiger partial charge in [0.2, 0.25) is 0 Å². The van der Waals surface area contributed by atoms with Crippen molar-refractivity contribution in [3.63, 3.8) is 0 Å². The van der Waals surface area contributed by atoms with Crippen LogP contribution in [0.1, 0.15) is 31.3 Å². The van der Waals surface area contributed by atoms with Crippen LogP contribution in [0.25, 0.3) is 0 Å². The fraction of sp³-hybridized carbons (Fsp3) is 0.667. The molecular formula is C15H23N3O4S. The number of carbonyl (C=O) groups is 2. The molecule has 1 aromatic heterocycles. The molecule has 23 heavy (non-hydrogen) atoms. The molecule has 1 aliphatic rings. The van der Waals surface area contributed by atoms with Crippen molar-refractivity contribution in [3.8, 4) is 0 Å². The third-order valence-electron chi connectivity index (χ3n) is 3.40. The van der Waals surface area contributed by atoms with E-state index in [1.54, 1.807) is 4.90 Å². The largest absolute Gasteiger partial charge is 0.481 e. The number of carboxylic acid groups (broad SMARTS) is 1. The fourth-order valence-corrected chi connectivity index (χ4v) is 3.24. The van der Waals surface area contributed by atoms with E-state index >= 15 is 0 Å². The van der Waals surface area contributed by atoms with Gasteiger partial charge in [0.15, 0.2) is 5.13 Å². The lowest BCUT2D eigenvalue weighted by Gasteiger charge is -2.35. The Bertz CT molecular complexity index is 586. The van der Waals surface area contributed by atoms with Gasteiger partial charge >= 0.3 is 12.1 Å². The van der Waals surface area contributed by atoms with E-state index in [-0.39, 0.29) is 12.5 Å². The van der Waals surface area contributed by atoms with E-state index in [1.165, 1.54) is 11.3 Å². The van der Waals surface area contributed by atoms with Crippen molar-refractivity contribution in [1.82, 2.24) is 9.88 Å². The Morgan fingerprint density at radius 1 is 1.26 bits per heavy atom. The van der Waals surface area contributed by atoms with Gasteiger partial charge in [0.25, 0.3) is 0 Å². The van der Waals surface area contributed by atoms with Crippen LogP contribution in [-0.4, -0.2) is 58.8 Å². The summed E-state index contributed by atoms with van der Waals surface area (Å²) in [5.41, 5.74) is 0.124. The normalized spacial score (nSPS) is 15.7. The second kappa shape index (κ2) is 6.74. The second-order valence-corrected chi connectivity index (χ2v) is 7.71. The topological polar surface area (TPSA) is 83.0 Å². The van der Waals surface area contributed by atoms with Crippen LogP contribution in [0.5, 0.6) is 0 Å². The summed E-state index contributed by atoms with van der Waals surface area (Å²) in [5.74, 6) is -0.875. The summed E-state index contributed by atoms with van der Waals surface area (Å²) in [6, 6.07) is 0. The predicted molar refractivity (Wildman–Crippen MR) is 88.2 cm³/mol. The minimum absolute atomic E-state index is 0.0554. The molecule has 1 fully saturated rings. The number of aliphatic carboxylic acids is 1. The van der Waals surface area contributed by atoms with Crippen molar-refractivity contribution >= 4 is 28.5 Å². The van der Waals surface area contributed by atoms with Crippen molar-refractivity contribution in [2.24, 2.45) is 0 Å². The summed E-state index contributed by atoms with van der Waals surface area (Å²) in [6.07, 6.45) is -0.348. The molecule has 0 saturated carbocycles. The number of carbonyl (C=O) groups excluding carboxylic acids is 1. The van der Waals surface area contributed by atoms with E-state index in [1.807, 2.05) is 27.7 Å². The molecule has 2 heterocycles.